The van der Waals surface area contributed by atoms with E-state index in [1.54, 1.807) is 30.3 Å². The van der Waals surface area contributed by atoms with Gasteiger partial charge in [0.2, 0.25) is 11.8 Å². The lowest BCUT2D eigenvalue weighted by Gasteiger charge is -2.12. The number of aromatic nitrogens is 1. The highest BCUT2D eigenvalue weighted by Gasteiger charge is 2.34. The summed E-state index contributed by atoms with van der Waals surface area (Å²) in [6.07, 6.45) is 3.13. The number of oxazole rings is 1. The van der Waals surface area contributed by atoms with Gasteiger partial charge in [0.05, 0.1) is 17.0 Å². The van der Waals surface area contributed by atoms with E-state index in [1.165, 1.54) is 6.26 Å². The highest BCUT2D eigenvalue weighted by molar-refractivity contribution is 8.18. The van der Waals surface area contributed by atoms with Crippen molar-refractivity contribution in [2.24, 2.45) is 0 Å². The number of nitrogens with zero attached hydrogens (tertiary/aromatic N) is 2. The van der Waals surface area contributed by atoms with Gasteiger partial charge in [-0.1, -0.05) is 41.9 Å². The fraction of sp³-hybridized carbons (Fsp3) is 0.130. The van der Waals surface area contributed by atoms with Gasteiger partial charge in [-0.25, -0.2) is 4.98 Å². The first-order valence-corrected chi connectivity index (χ1v) is 11.0. The second kappa shape index (κ2) is 9.84. The molecule has 1 aliphatic heterocycles. The average Bonchev–Trinajstić information content (AvgIpc) is 3.36. The SMILES string of the molecule is O=C(Cc1coc(-c2ccccc2)n1)NCCN1C(=O)SC(=Cc2ccc(Cl)cc2)C1=O. The predicted molar refractivity (Wildman–Crippen MR) is 123 cm³/mol. The minimum absolute atomic E-state index is 0.0364. The second-order valence-corrected chi connectivity index (χ2v) is 8.35. The molecule has 0 bridgehead atoms. The predicted octanol–water partition coefficient (Wildman–Crippen LogP) is 4.39. The number of thioether (sulfide) groups is 1. The van der Waals surface area contributed by atoms with Gasteiger partial charge >= 0.3 is 0 Å². The third kappa shape index (κ3) is 5.27. The van der Waals surface area contributed by atoms with Gasteiger partial charge in [-0.3, -0.25) is 19.3 Å². The van der Waals surface area contributed by atoms with Crippen LogP contribution in [0.1, 0.15) is 11.3 Å². The summed E-state index contributed by atoms with van der Waals surface area (Å²) in [5.74, 6) is -0.214. The normalized spacial score (nSPS) is 14.9. The lowest BCUT2D eigenvalue weighted by Crippen LogP contribution is -2.37. The molecule has 0 radical (unpaired) electrons. The molecule has 162 valence electrons. The summed E-state index contributed by atoms with van der Waals surface area (Å²) >= 11 is 6.74. The quantitative estimate of drug-likeness (QED) is 0.518. The van der Waals surface area contributed by atoms with Crippen molar-refractivity contribution in [3.8, 4) is 11.5 Å². The Balaban J connectivity index is 1.28. The summed E-state index contributed by atoms with van der Waals surface area (Å²) in [5, 5.41) is 2.93. The number of imide groups is 1. The number of rotatable bonds is 7. The Morgan fingerprint density at radius 2 is 1.88 bits per heavy atom. The molecule has 2 heterocycles. The van der Waals surface area contributed by atoms with Crippen LogP contribution in [-0.4, -0.2) is 40.0 Å². The molecular weight excluding hydrogens is 450 g/mol. The zero-order valence-electron chi connectivity index (χ0n) is 16.8. The van der Waals surface area contributed by atoms with Gasteiger partial charge in [0.1, 0.15) is 6.26 Å². The molecule has 2 aromatic carbocycles. The molecule has 9 heteroatoms. The third-order valence-corrected chi connectivity index (χ3v) is 5.77. The minimum atomic E-state index is -0.381. The van der Waals surface area contributed by atoms with Crippen LogP contribution in [0.25, 0.3) is 17.5 Å². The van der Waals surface area contributed by atoms with Crippen LogP contribution in [0.15, 0.2) is 70.2 Å². The maximum absolute atomic E-state index is 12.5. The van der Waals surface area contributed by atoms with Crippen molar-refractivity contribution < 1.29 is 18.8 Å². The summed E-state index contributed by atoms with van der Waals surface area (Å²) in [6, 6.07) is 16.3. The Bertz CT molecular complexity index is 1180. The first kappa shape index (κ1) is 21.9. The Morgan fingerprint density at radius 3 is 2.62 bits per heavy atom. The van der Waals surface area contributed by atoms with Crippen molar-refractivity contribution in [1.82, 2.24) is 15.2 Å². The van der Waals surface area contributed by atoms with E-state index in [0.29, 0.717) is 21.5 Å². The van der Waals surface area contributed by atoms with E-state index in [0.717, 1.165) is 27.8 Å². The molecule has 1 N–H and O–H groups in total. The summed E-state index contributed by atoms with van der Waals surface area (Å²) in [4.78, 5) is 42.8. The summed E-state index contributed by atoms with van der Waals surface area (Å²) < 4.78 is 5.43. The van der Waals surface area contributed by atoms with Crippen molar-refractivity contribution in [2.75, 3.05) is 13.1 Å². The van der Waals surface area contributed by atoms with E-state index in [-0.39, 0.29) is 36.6 Å². The topological polar surface area (TPSA) is 92.5 Å². The molecule has 4 rings (SSSR count). The van der Waals surface area contributed by atoms with Crippen LogP contribution >= 0.6 is 23.4 Å². The lowest BCUT2D eigenvalue weighted by atomic mass is 10.2. The van der Waals surface area contributed by atoms with Crippen LogP contribution in [0.4, 0.5) is 4.79 Å². The van der Waals surface area contributed by atoms with E-state index in [4.69, 9.17) is 16.0 Å². The fourth-order valence-corrected chi connectivity index (χ4v) is 4.03. The minimum Gasteiger partial charge on any atom is -0.444 e. The number of benzene rings is 2. The summed E-state index contributed by atoms with van der Waals surface area (Å²) in [7, 11) is 0. The van der Waals surface area contributed by atoms with Gasteiger partial charge in [0.15, 0.2) is 0 Å². The Labute approximate surface area is 193 Å². The van der Waals surface area contributed by atoms with Crippen molar-refractivity contribution in [1.29, 1.82) is 0 Å². The number of amides is 3. The number of nitrogens with one attached hydrogen (secondary N) is 1. The van der Waals surface area contributed by atoms with Crippen LogP contribution in [-0.2, 0) is 16.0 Å². The zero-order valence-corrected chi connectivity index (χ0v) is 18.4. The first-order valence-electron chi connectivity index (χ1n) is 9.77. The van der Waals surface area contributed by atoms with Gasteiger partial charge < -0.3 is 9.73 Å². The van der Waals surface area contributed by atoms with Gasteiger partial charge in [0.25, 0.3) is 11.1 Å². The highest BCUT2D eigenvalue weighted by Crippen LogP contribution is 2.32. The summed E-state index contributed by atoms with van der Waals surface area (Å²) in [5.41, 5.74) is 2.10. The largest absolute Gasteiger partial charge is 0.444 e. The van der Waals surface area contributed by atoms with Crippen LogP contribution in [0.2, 0.25) is 5.02 Å². The zero-order chi connectivity index (χ0) is 22.5. The van der Waals surface area contributed by atoms with Crippen LogP contribution in [0.3, 0.4) is 0 Å². The van der Waals surface area contributed by atoms with Crippen molar-refractivity contribution in [2.45, 2.75) is 6.42 Å². The smallest absolute Gasteiger partial charge is 0.293 e. The maximum atomic E-state index is 12.5. The molecule has 1 aromatic heterocycles. The van der Waals surface area contributed by atoms with Crippen molar-refractivity contribution in [3.63, 3.8) is 0 Å². The van der Waals surface area contributed by atoms with E-state index in [2.05, 4.69) is 10.3 Å². The van der Waals surface area contributed by atoms with E-state index in [1.807, 2.05) is 30.3 Å². The molecule has 32 heavy (non-hydrogen) atoms. The van der Waals surface area contributed by atoms with Gasteiger partial charge in [-0.2, -0.15) is 0 Å². The Morgan fingerprint density at radius 1 is 1.12 bits per heavy atom. The first-order chi connectivity index (χ1) is 15.5. The molecule has 7 nitrogen and oxygen atoms in total. The van der Waals surface area contributed by atoms with E-state index in [9.17, 15) is 14.4 Å². The van der Waals surface area contributed by atoms with Crippen LogP contribution in [0, 0.1) is 0 Å². The number of carbonyl (C=O) groups is 3. The van der Waals surface area contributed by atoms with Crippen molar-refractivity contribution in [3.05, 3.63) is 82.0 Å². The van der Waals surface area contributed by atoms with Gasteiger partial charge in [-0.15, -0.1) is 0 Å². The number of halogens is 1. The van der Waals surface area contributed by atoms with E-state index >= 15 is 0 Å². The number of hydrogen-bond donors (Lipinski definition) is 1. The van der Waals surface area contributed by atoms with Gasteiger partial charge in [0, 0.05) is 23.7 Å². The Hall–Kier alpha value is -3.36. The molecule has 1 saturated heterocycles. The summed E-state index contributed by atoms with van der Waals surface area (Å²) in [6.45, 7) is 0.233. The molecule has 0 saturated carbocycles. The van der Waals surface area contributed by atoms with Crippen LogP contribution in [0.5, 0.6) is 0 Å². The fourth-order valence-electron chi connectivity index (χ4n) is 3.04. The van der Waals surface area contributed by atoms with Crippen molar-refractivity contribution >= 4 is 46.5 Å². The monoisotopic (exact) mass is 467 g/mol. The Kier molecular flexibility index (Phi) is 6.72. The third-order valence-electron chi connectivity index (χ3n) is 4.61. The number of carbonyl (C=O) groups excluding carboxylic acids is 3. The molecule has 1 aliphatic rings. The molecule has 0 unspecified atom stereocenters. The van der Waals surface area contributed by atoms with Gasteiger partial charge in [-0.05, 0) is 47.7 Å². The lowest BCUT2D eigenvalue weighted by molar-refractivity contribution is -0.124. The average molecular weight is 468 g/mol. The van der Waals surface area contributed by atoms with E-state index < -0.39 is 0 Å². The molecule has 0 atom stereocenters. The molecular formula is C23H18ClN3O4S. The molecule has 0 aliphatic carbocycles. The second-order valence-electron chi connectivity index (χ2n) is 6.92. The standard InChI is InChI=1S/C23H18ClN3O4S/c24-17-8-6-15(7-9-17)12-19-22(29)27(23(30)32-19)11-10-25-20(28)13-18-14-31-21(26-18)16-4-2-1-3-5-16/h1-9,12,14H,10-11,13H2,(H,25,28). The highest BCUT2D eigenvalue weighted by atomic mass is 35.5. The molecule has 3 aromatic rings. The molecule has 3 amide bonds. The molecule has 0 spiro atoms. The molecule has 1 fully saturated rings. The number of hydrogen-bond acceptors (Lipinski definition) is 6. The maximum Gasteiger partial charge on any atom is 0.293 e. The van der Waals surface area contributed by atoms with Crippen LogP contribution < -0.4 is 5.32 Å².